The van der Waals surface area contributed by atoms with E-state index in [-0.39, 0.29) is 0 Å². The summed E-state index contributed by atoms with van der Waals surface area (Å²) in [5, 5.41) is 0. The van der Waals surface area contributed by atoms with E-state index in [4.69, 9.17) is 4.42 Å². The van der Waals surface area contributed by atoms with Crippen molar-refractivity contribution in [3.8, 4) is 0 Å². The van der Waals surface area contributed by atoms with Crippen LogP contribution in [-0.2, 0) is 12.8 Å². The van der Waals surface area contributed by atoms with E-state index in [9.17, 15) is 0 Å². The topological polar surface area (TPSA) is 13.1 Å². The molecule has 1 heterocycles. The maximum absolute atomic E-state index is 5.59. The first kappa shape index (κ1) is 8.38. The van der Waals surface area contributed by atoms with E-state index in [1.165, 1.54) is 11.1 Å². The zero-order valence-electron chi connectivity index (χ0n) is 7.82. The van der Waals surface area contributed by atoms with Crippen LogP contribution in [0.3, 0.4) is 0 Å². The molecule has 0 N–H and O–H groups in total. The average molecular weight is 152 g/mol. The zero-order chi connectivity index (χ0) is 8.43. The minimum Gasteiger partial charge on any atom is -0.466 e. The summed E-state index contributed by atoms with van der Waals surface area (Å²) in [7, 11) is 0. The van der Waals surface area contributed by atoms with Gasteiger partial charge in [0.2, 0.25) is 0 Å². The summed E-state index contributed by atoms with van der Waals surface area (Å²) in [5.74, 6) is 2.25. The van der Waals surface area contributed by atoms with E-state index < -0.39 is 0 Å². The van der Waals surface area contributed by atoms with Crippen LogP contribution in [0.1, 0.15) is 36.5 Å². The lowest BCUT2D eigenvalue weighted by atomic mass is 10.1. The Morgan fingerprint density at radius 1 is 1.09 bits per heavy atom. The summed E-state index contributed by atoms with van der Waals surface area (Å²) in [5.41, 5.74) is 2.74. The van der Waals surface area contributed by atoms with Crippen molar-refractivity contribution in [1.82, 2.24) is 0 Å². The van der Waals surface area contributed by atoms with Gasteiger partial charge in [-0.15, -0.1) is 0 Å². The van der Waals surface area contributed by atoms with Crippen molar-refractivity contribution < 1.29 is 4.42 Å². The maximum Gasteiger partial charge on any atom is 0.107 e. The van der Waals surface area contributed by atoms with Crippen LogP contribution in [0, 0.1) is 13.8 Å². The van der Waals surface area contributed by atoms with Crippen LogP contribution in [0.5, 0.6) is 0 Å². The molecule has 0 saturated heterocycles. The van der Waals surface area contributed by atoms with Gasteiger partial charge in [-0.3, -0.25) is 0 Å². The first-order valence-electron chi connectivity index (χ1n) is 4.28. The highest BCUT2D eigenvalue weighted by Gasteiger charge is 2.09. The molecular weight excluding hydrogens is 136 g/mol. The number of furan rings is 1. The third kappa shape index (κ3) is 1.32. The second-order valence-corrected chi connectivity index (χ2v) is 2.89. The molecule has 0 aliphatic heterocycles. The zero-order valence-corrected chi connectivity index (χ0v) is 7.82. The van der Waals surface area contributed by atoms with Gasteiger partial charge in [0.05, 0.1) is 0 Å². The molecule has 1 heteroatoms. The standard InChI is InChI=1S/C10H16O/c1-5-9-7(3)10(6-2)11-8(9)4/h5-6H2,1-4H3. The lowest BCUT2D eigenvalue weighted by Gasteiger charge is -1.93. The van der Waals surface area contributed by atoms with Crippen molar-refractivity contribution in [1.29, 1.82) is 0 Å². The molecule has 0 fully saturated rings. The van der Waals surface area contributed by atoms with Crippen molar-refractivity contribution in [2.45, 2.75) is 40.5 Å². The lowest BCUT2D eigenvalue weighted by molar-refractivity contribution is 0.484. The Labute approximate surface area is 68.4 Å². The van der Waals surface area contributed by atoms with Gasteiger partial charge in [0.15, 0.2) is 0 Å². The molecule has 1 aromatic rings. The van der Waals surface area contributed by atoms with Crippen LogP contribution in [0.4, 0.5) is 0 Å². The second kappa shape index (κ2) is 3.12. The number of rotatable bonds is 2. The molecule has 11 heavy (non-hydrogen) atoms. The third-order valence-electron chi connectivity index (χ3n) is 2.25. The normalized spacial score (nSPS) is 10.5. The quantitative estimate of drug-likeness (QED) is 0.635. The van der Waals surface area contributed by atoms with Gasteiger partial charge in [-0.05, 0) is 31.4 Å². The van der Waals surface area contributed by atoms with Gasteiger partial charge >= 0.3 is 0 Å². The molecule has 0 unspecified atom stereocenters. The fourth-order valence-corrected chi connectivity index (χ4v) is 1.61. The summed E-state index contributed by atoms with van der Waals surface area (Å²) in [6.45, 7) is 8.49. The summed E-state index contributed by atoms with van der Waals surface area (Å²) in [6, 6.07) is 0. The average Bonchev–Trinajstić information content (AvgIpc) is 2.26. The van der Waals surface area contributed by atoms with E-state index in [1.807, 2.05) is 6.92 Å². The fraction of sp³-hybridized carbons (Fsp3) is 0.600. The smallest absolute Gasteiger partial charge is 0.107 e. The Hall–Kier alpha value is -0.720. The highest BCUT2D eigenvalue weighted by atomic mass is 16.3. The van der Waals surface area contributed by atoms with Crippen LogP contribution in [0.15, 0.2) is 4.42 Å². The number of hydrogen-bond donors (Lipinski definition) is 0. The van der Waals surface area contributed by atoms with Gasteiger partial charge in [-0.25, -0.2) is 0 Å². The first-order chi connectivity index (χ1) is 5.20. The maximum atomic E-state index is 5.59. The van der Waals surface area contributed by atoms with Crippen molar-refractivity contribution in [2.75, 3.05) is 0 Å². The Kier molecular flexibility index (Phi) is 2.38. The van der Waals surface area contributed by atoms with E-state index in [2.05, 4.69) is 20.8 Å². The van der Waals surface area contributed by atoms with Crippen molar-refractivity contribution in [3.05, 3.63) is 22.6 Å². The van der Waals surface area contributed by atoms with Crippen LogP contribution in [0.2, 0.25) is 0 Å². The SMILES string of the molecule is CCc1oc(C)c(CC)c1C. The Bertz CT molecular complexity index is 246. The molecule has 0 aliphatic carbocycles. The molecule has 0 atom stereocenters. The van der Waals surface area contributed by atoms with Crippen LogP contribution >= 0.6 is 0 Å². The van der Waals surface area contributed by atoms with Gasteiger partial charge in [-0.2, -0.15) is 0 Å². The van der Waals surface area contributed by atoms with Crippen LogP contribution < -0.4 is 0 Å². The molecule has 0 bridgehead atoms. The fourth-order valence-electron chi connectivity index (χ4n) is 1.61. The molecular formula is C10H16O. The molecule has 0 saturated carbocycles. The van der Waals surface area contributed by atoms with Gasteiger partial charge in [0, 0.05) is 6.42 Å². The Morgan fingerprint density at radius 2 is 1.73 bits per heavy atom. The summed E-state index contributed by atoms with van der Waals surface area (Å²) >= 11 is 0. The minimum absolute atomic E-state index is 1.01. The van der Waals surface area contributed by atoms with Crippen LogP contribution in [-0.4, -0.2) is 0 Å². The number of aryl methyl sites for hydroxylation is 2. The van der Waals surface area contributed by atoms with E-state index in [1.54, 1.807) is 0 Å². The molecule has 62 valence electrons. The van der Waals surface area contributed by atoms with Gasteiger partial charge in [-0.1, -0.05) is 13.8 Å². The highest BCUT2D eigenvalue weighted by Crippen LogP contribution is 2.21. The molecule has 1 nitrogen and oxygen atoms in total. The predicted molar refractivity (Wildman–Crippen MR) is 46.9 cm³/mol. The minimum atomic E-state index is 1.01. The van der Waals surface area contributed by atoms with E-state index >= 15 is 0 Å². The highest BCUT2D eigenvalue weighted by molar-refractivity contribution is 5.31. The second-order valence-electron chi connectivity index (χ2n) is 2.89. The first-order valence-corrected chi connectivity index (χ1v) is 4.28. The monoisotopic (exact) mass is 152 g/mol. The molecule has 0 aromatic carbocycles. The van der Waals surface area contributed by atoms with Crippen molar-refractivity contribution >= 4 is 0 Å². The molecule has 1 rings (SSSR count). The van der Waals surface area contributed by atoms with Crippen molar-refractivity contribution in [3.63, 3.8) is 0 Å². The largest absolute Gasteiger partial charge is 0.466 e. The van der Waals surface area contributed by atoms with Crippen LogP contribution in [0.25, 0.3) is 0 Å². The lowest BCUT2D eigenvalue weighted by Crippen LogP contribution is -1.84. The molecule has 0 radical (unpaired) electrons. The summed E-state index contributed by atoms with van der Waals surface area (Å²) < 4.78 is 5.59. The molecule has 0 aliphatic rings. The Balaban J connectivity index is 3.14. The Morgan fingerprint density at radius 3 is 2.00 bits per heavy atom. The molecule has 0 spiro atoms. The van der Waals surface area contributed by atoms with Crippen molar-refractivity contribution in [2.24, 2.45) is 0 Å². The van der Waals surface area contributed by atoms with E-state index in [0.29, 0.717) is 0 Å². The summed E-state index contributed by atoms with van der Waals surface area (Å²) in [6.07, 6.45) is 2.09. The third-order valence-corrected chi connectivity index (χ3v) is 2.25. The number of hydrogen-bond acceptors (Lipinski definition) is 1. The predicted octanol–water partition coefficient (Wildman–Crippen LogP) is 3.02. The molecule has 1 aromatic heterocycles. The molecule has 0 amide bonds. The van der Waals surface area contributed by atoms with E-state index in [0.717, 1.165) is 24.4 Å². The van der Waals surface area contributed by atoms with Gasteiger partial charge in [0.25, 0.3) is 0 Å². The van der Waals surface area contributed by atoms with Gasteiger partial charge in [0.1, 0.15) is 11.5 Å². The summed E-state index contributed by atoms with van der Waals surface area (Å²) in [4.78, 5) is 0. The van der Waals surface area contributed by atoms with Gasteiger partial charge < -0.3 is 4.42 Å².